The van der Waals surface area contributed by atoms with Crippen LogP contribution in [0.1, 0.15) is 59.6 Å². The molecule has 15 heteroatoms. The maximum atomic E-state index is 12.2. The van der Waals surface area contributed by atoms with Gasteiger partial charge in [0.25, 0.3) is 0 Å². The summed E-state index contributed by atoms with van der Waals surface area (Å²) in [5.41, 5.74) is 8.81. The fraction of sp³-hybridized carbons (Fsp3) is 0.526. The number of carbonyl (C=O) groups is 2. The molecule has 3 atom stereocenters. The highest BCUT2D eigenvalue weighted by atomic mass is 32.1. The van der Waals surface area contributed by atoms with Crippen LogP contribution in [-0.4, -0.2) is 54.8 Å². The van der Waals surface area contributed by atoms with E-state index in [1.54, 1.807) is 6.20 Å². The summed E-state index contributed by atoms with van der Waals surface area (Å²) in [6, 6.07) is -0.293. The Balaban J connectivity index is 1.31. The lowest BCUT2D eigenvalue weighted by molar-refractivity contribution is -0.117. The van der Waals surface area contributed by atoms with Crippen LogP contribution in [0.25, 0.3) is 0 Å². The summed E-state index contributed by atoms with van der Waals surface area (Å²) in [4.78, 5) is 31.2. The fourth-order valence-corrected chi connectivity index (χ4v) is 5.67. The average Bonchev–Trinajstić information content (AvgIpc) is 3.60. The number of hydrogen-bond acceptors (Lipinski definition) is 12. The zero-order chi connectivity index (χ0) is 23.9. The predicted molar refractivity (Wildman–Crippen MR) is 128 cm³/mol. The number of rotatable bonds is 10. The van der Waals surface area contributed by atoms with Crippen molar-refractivity contribution in [3.8, 4) is 0 Å². The van der Waals surface area contributed by atoms with E-state index in [9.17, 15) is 9.59 Å². The van der Waals surface area contributed by atoms with E-state index in [1.165, 1.54) is 29.0 Å². The predicted octanol–water partition coefficient (Wildman–Crippen LogP) is 0.854. The largest absolute Gasteiger partial charge is 0.348 e. The van der Waals surface area contributed by atoms with Crippen LogP contribution in [0.2, 0.25) is 0 Å². The maximum Gasteiger partial charge on any atom is 0.232 e. The van der Waals surface area contributed by atoms with E-state index in [4.69, 9.17) is 11.6 Å². The molecule has 3 aromatic heterocycles. The number of imidazole rings is 1. The van der Waals surface area contributed by atoms with Crippen molar-refractivity contribution in [2.45, 2.75) is 56.4 Å². The number of amides is 2. The number of carbonyl (C=O) groups excluding carboxylic acids is 2. The van der Waals surface area contributed by atoms with Crippen molar-refractivity contribution in [2.75, 3.05) is 17.2 Å². The first-order valence-electron chi connectivity index (χ1n) is 10.9. The summed E-state index contributed by atoms with van der Waals surface area (Å²) in [6.07, 6.45) is 7.41. The Morgan fingerprint density at radius 1 is 1.06 bits per heavy atom. The van der Waals surface area contributed by atoms with Gasteiger partial charge < -0.3 is 21.4 Å². The average molecular weight is 506 g/mol. The van der Waals surface area contributed by atoms with Crippen molar-refractivity contribution in [3.63, 3.8) is 0 Å². The Morgan fingerprint density at radius 3 is 2.26 bits per heavy atom. The molecular weight excluding hydrogens is 478 g/mol. The Kier molecular flexibility index (Phi) is 8.23. The van der Waals surface area contributed by atoms with Crippen molar-refractivity contribution >= 4 is 44.8 Å². The lowest BCUT2D eigenvalue weighted by Gasteiger charge is -2.25. The van der Waals surface area contributed by atoms with Crippen LogP contribution in [0.15, 0.2) is 12.5 Å². The van der Waals surface area contributed by atoms with Crippen LogP contribution >= 0.6 is 22.7 Å². The molecule has 0 radical (unpaired) electrons. The molecule has 1 aliphatic carbocycles. The van der Waals surface area contributed by atoms with Gasteiger partial charge in [-0.25, -0.2) is 4.98 Å². The number of anilines is 2. The molecule has 0 aliphatic heterocycles. The molecule has 8 N–H and O–H groups in total. The highest BCUT2D eigenvalue weighted by molar-refractivity contribution is 7.15. The first-order chi connectivity index (χ1) is 16.5. The van der Waals surface area contributed by atoms with E-state index in [0.717, 1.165) is 41.4 Å². The van der Waals surface area contributed by atoms with Gasteiger partial charge in [0.1, 0.15) is 10.0 Å². The van der Waals surface area contributed by atoms with Crippen molar-refractivity contribution < 1.29 is 9.59 Å². The number of hydrazine groups is 1. The molecule has 3 unspecified atom stereocenters. The van der Waals surface area contributed by atoms with Crippen LogP contribution in [0.4, 0.5) is 10.3 Å². The summed E-state index contributed by atoms with van der Waals surface area (Å²) in [6.45, 7) is 0.260. The molecule has 3 aromatic rings. The van der Waals surface area contributed by atoms with Gasteiger partial charge >= 0.3 is 0 Å². The third-order valence-corrected chi connectivity index (χ3v) is 7.61. The molecule has 0 aromatic carbocycles. The Morgan fingerprint density at radius 2 is 1.71 bits per heavy atom. The number of nitrogens with two attached hydrogens (primary N) is 2. The van der Waals surface area contributed by atoms with E-state index in [0.29, 0.717) is 10.3 Å². The van der Waals surface area contributed by atoms with Gasteiger partial charge in [0.2, 0.25) is 22.1 Å². The van der Waals surface area contributed by atoms with Crippen LogP contribution in [0.3, 0.4) is 0 Å². The van der Waals surface area contributed by atoms with Gasteiger partial charge in [-0.1, -0.05) is 29.1 Å². The summed E-state index contributed by atoms with van der Waals surface area (Å²) >= 11 is 2.79. The monoisotopic (exact) mass is 505 g/mol. The summed E-state index contributed by atoms with van der Waals surface area (Å²) < 4.78 is 0. The zero-order valence-electron chi connectivity index (χ0n) is 18.4. The van der Waals surface area contributed by atoms with Crippen molar-refractivity contribution in [3.05, 3.63) is 28.2 Å². The first kappa shape index (κ1) is 24.3. The standard InChI is InChI=1S/C19H27N11O2S2/c20-7-12(26-21)5-14(31)24-18-29-27-16(33-18)10-2-1-3-11(4-10)17-28-30-19(34-17)25-15(32)6-13-8-22-9-23-13/h8-12,26H,1-7,20-21H2,(H,22,23)(H,24,29,31)(H,25,30,32). The first-order valence-corrected chi connectivity index (χ1v) is 12.6. The minimum absolute atomic E-state index is 0.158. The second-order valence-electron chi connectivity index (χ2n) is 8.10. The van der Waals surface area contributed by atoms with Crippen molar-refractivity contribution in [1.82, 2.24) is 35.8 Å². The van der Waals surface area contributed by atoms with E-state index in [-0.39, 0.29) is 49.1 Å². The third-order valence-electron chi connectivity index (χ3n) is 5.60. The van der Waals surface area contributed by atoms with Crippen LogP contribution in [0, 0.1) is 0 Å². The smallest absolute Gasteiger partial charge is 0.232 e. The molecule has 34 heavy (non-hydrogen) atoms. The molecule has 0 spiro atoms. The van der Waals surface area contributed by atoms with Crippen molar-refractivity contribution in [1.29, 1.82) is 0 Å². The molecule has 182 valence electrons. The minimum atomic E-state index is -0.293. The van der Waals surface area contributed by atoms with Crippen LogP contribution in [-0.2, 0) is 16.0 Å². The summed E-state index contributed by atoms with van der Waals surface area (Å²) in [5, 5.41) is 25.2. The summed E-state index contributed by atoms with van der Waals surface area (Å²) in [7, 11) is 0. The molecule has 1 fully saturated rings. The Hall–Kier alpha value is -2.85. The van der Waals surface area contributed by atoms with Crippen molar-refractivity contribution in [2.24, 2.45) is 11.6 Å². The van der Waals surface area contributed by atoms with Gasteiger partial charge in [0, 0.05) is 42.7 Å². The molecule has 1 aliphatic rings. The van der Waals surface area contributed by atoms with Gasteiger partial charge in [0.05, 0.1) is 12.7 Å². The molecule has 2 amide bonds. The number of aromatic nitrogens is 6. The van der Waals surface area contributed by atoms with Crippen LogP contribution < -0.4 is 27.6 Å². The second-order valence-corrected chi connectivity index (χ2v) is 10.1. The maximum absolute atomic E-state index is 12.2. The third kappa shape index (κ3) is 6.38. The van der Waals surface area contributed by atoms with E-state index >= 15 is 0 Å². The molecule has 4 rings (SSSR count). The van der Waals surface area contributed by atoms with E-state index < -0.39 is 0 Å². The molecule has 0 saturated heterocycles. The Bertz CT molecular complexity index is 1080. The van der Waals surface area contributed by atoms with E-state index in [1.807, 2.05) is 0 Å². The molecule has 1 saturated carbocycles. The summed E-state index contributed by atoms with van der Waals surface area (Å²) in [5.74, 6) is 5.45. The molecule has 0 bridgehead atoms. The number of aromatic amines is 1. The minimum Gasteiger partial charge on any atom is -0.348 e. The van der Waals surface area contributed by atoms with Gasteiger partial charge in [0.15, 0.2) is 0 Å². The topological polar surface area (TPSA) is 203 Å². The highest BCUT2D eigenvalue weighted by Crippen LogP contribution is 2.43. The SMILES string of the molecule is NCC(CC(=O)Nc1nnc(C2CCCC(c3nnc(NC(=O)Cc4cnc[nH]4)s3)C2)s1)NN. The van der Waals surface area contributed by atoms with Gasteiger partial charge in [-0.15, -0.1) is 20.4 Å². The lowest BCUT2D eigenvalue weighted by Crippen LogP contribution is -2.43. The van der Waals surface area contributed by atoms with Gasteiger partial charge in [-0.3, -0.25) is 20.9 Å². The molecular formula is C19H27N11O2S2. The van der Waals surface area contributed by atoms with Gasteiger partial charge in [-0.2, -0.15) is 0 Å². The Labute approximate surface area is 203 Å². The number of nitrogens with one attached hydrogen (secondary N) is 4. The highest BCUT2D eigenvalue weighted by Gasteiger charge is 2.29. The lowest BCUT2D eigenvalue weighted by atomic mass is 9.82. The van der Waals surface area contributed by atoms with E-state index in [2.05, 4.69) is 46.4 Å². The fourth-order valence-electron chi connectivity index (χ4n) is 3.86. The number of H-pyrrole nitrogens is 1. The zero-order valence-corrected chi connectivity index (χ0v) is 20.0. The molecule has 3 heterocycles. The normalized spacial score (nSPS) is 19.0. The second kappa shape index (κ2) is 11.5. The van der Waals surface area contributed by atoms with Crippen LogP contribution in [0.5, 0.6) is 0 Å². The number of hydrogen-bond donors (Lipinski definition) is 6. The quantitative estimate of drug-likeness (QED) is 0.169. The number of nitrogens with zero attached hydrogens (tertiary/aromatic N) is 5. The van der Waals surface area contributed by atoms with Gasteiger partial charge in [-0.05, 0) is 19.3 Å². The molecule has 13 nitrogen and oxygen atoms in total.